The van der Waals surface area contributed by atoms with E-state index in [0.717, 1.165) is 44.3 Å². The smallest absolute Gasteiger partial charge is 0.242 e. The third-order valence-corrected chi connectivity index (χ3v) is 7.57. The molecule has 0 bridgehead atoms. The van der Waals surface area contributed by atoms with Crippen LogP contribution in [0.25, 0.3) is 44.3 Å². The summed E-state index contributed by atoms with van der Waals surface area (Å²) in [5.41, 5.74) is 6.46. The Morgan fingerprint density at radius 2 is 1.67 bits per heavy atom. The van der Waals surface area contributed by atoms with E-state index >= 15 is 0 Å². The van der Waals surface area contributed by atoms with Crippen LogP contribution in [-0.2, 0) is 33.5 Å². The first-order chi connectivity index (χ1) is 20.3. The minimum atomic E-state index is -0.0389. The monoisotopic (exact) mass is 740 g/mol. The number of rotatable bonds is 4. The van der Waals surface area contributed by atoms with Crippen molar-refractivity contribution in [2.45, 2.75) is 26.2 Å². The van der Waals surface area contributed by atoms with Crippen LogP contribution in [0.5, 0.6) is 11.5 Å². The Hall–Kier alpha value is -4.72. The molecule has 3 heterocycles. The summed E-state index contributed by atoms with van der Waals surface area (Å²) in [6.07, 6.45) is 5.20. The second-order valence-electron chi connectivity index (χ2n) is 11.4. The maximum absolute atomic E-state index is 9.59. The summed E-state index contributed by atoms with van der Waals surface area (Å²) >= 11 is 0. The molecule has 7 rings (SSSR count). The van der Waals surface area contributed by atoms with Gasteiger partial charge >= 0.3 is 0 Å². The van der Waals surface area contributed by atoms with Crippen molar-refractivity contribution in [3.05, 3.63) is 121 Å². The summed E-state index contributed by atoms with van der Waals surface area (Å²) in [6, 6.07) is 37.0. The standard InChI is InChI=1S/C36H27N5O.Pt/c1-36(2,3)25-16-17-38-35(19-25)41-31-15-12-24(22-37)18-30(31)29-14-13-28(21-34(29)41)42-27-9-7-8-26(20-27)40-23-39(4)32-10-5-6-11-33(32)40;/h5-19H,1-4H3;/q-2;. The number of hydrogen-bond acceptors (Lipinski definition) is 3. The summed E-state index contributed by atoms with van der Waals surface area (Å²) < 4.78 is 12.4. The molecule has 0 N–H and O–H groups in total. The van der Waals surface area contributed by atoms with Crippen molar-refractivity contribution >= 4 is 32.8 Å². The number of hydrogen-bond donors (Lipinski definition) is 0. The Balaban J connectivity index is 0.00000329. The molecule has 43 heavy (non-hydrogen) atoms. The van der Waals surface area contributed by atoms with Gasteiger partial charge in [-0.15, -0.1) is 29.7 Å². The van der Waals surface area contributed by atoms with E-state index in [4.69, 9.17) is 9.72 Å². The number of nitrogens with zero attached hydrogens (tertiary/aromatic N) is 5. The number of pyridine rings is 1. The van der Waals surface area contributed by atoms with E-state index in [2.05, 4.69) is 74.1 Å². The van der Waals surface area contributed by atoms with Gasteiger partial charge in [-0.2, -0.15) is 23.5 Å². The fourth-order valence-corrected chi connectivity index (χ4v) is 5.42. The first kappa shape index (κ1) is 28.4. The van der Waals surface area contributed by atoms with E-state index in [1.807, 2.05) is 83.0 Å². The van der Waals surface area contributed by atoms with Gasteiger partial charge in [0.05, 0.1) is 29.7 Å². The summed E-state index contributed by atoms with van der Waals surface area (Å²) in [6.45, 7) is 6.57. The number of imidazole rings is 1. The topological polar surface area (TPSA) is 59.6 Å². The molecule has 0 saturated heterocycles. The van der Waals surface area contributed by atoms with Crippen LogP contribution in [0.2, 0.25) is 0 Å². The van der Waals surface area contributed by atoms with Crippen molar-refractivity contribution in [1.29, 1.82) is 5.26 Å². The van der Waals surface area contributed by atoms with Gasteiger partial charge in [0.1, 0.15) is 5.82 Å². The minimum Gasteiger partial charge on any atom is -0.510 e. The van der Waals surface area contributed by atoms with Crippen LogP contribution < -0.4 is 9.30 Å². The molecule has 3 aromatic heterocycles. The molecule has 7 aromatic rings. The molecule has 0 atom stereocenters. The van der Waals surface area contributed by atoms with Crippen LogP contribution in [0.3, 0.4) is 0 Å². The summed E-state index contributed by atoms with van der Waals surface area (Å²) in [5.74, 6) is 1.91. The van der Waals surface area contributed by atoms with Crippen molar-refractivity contribution in [2.24, 2.45) is 7.05 Å². The molecule has 0 saturated carbocycles. The summed E-state index contributed by atoms with van der Waals surface area (Å²) in [7, 11) is 1.98. The van der Waals surface area contributed by atoms with E-state index in [1.54, 1.807) is 0 Å². The number of aromatic nitrogens is 4. The molecule has 7 heteroatoms. The van der Waals surface area contributed by atoms with Gasteiger partial charge in [-0.25, -0.2) is 4.98 Å². The fourth-order valence-electron chi connectivity index (χ4n) is 5.42. The predicted molar refractivity (Wildman–Crippen MR) is 163 cm³/mol. The van der Waals surface area contributed by atoms with Crippen molar-refractivity contribution in [1.82, 2.24) is 14.1 Å². The quantitative estimate of drug-likeness (QED) is 0.141. The summed E-state index contributed by atoms with van der Waals surface area (Å²) in [5, 5.41) is 11.5. The number of nitriles is 1. The number of ether oxygens (including phenoxy) is 1. The molecule has 0 amide bonds. The Morgan fingerprint density at radius 1 is 0.860 bits per heavy atom. The van der Waals surface area contributed by atoms with Gasteiger partial charge < -0.3 is 18.4 Å². The van der Waals surface area contributed by atoms with E-state index in [-0.39, 0.29) is 26.5 Å². The zero-order valence-electron chi connectivity index (χ0n) is 24.1. The number of fused-ring (bicyclic) bond motifs is 4. The van der Waals surface area contributed by atoms with Crippen molar-refractivity contribution in [2.75, 3.05) is 0 Å². The zero-order valence-corrected chi connectivity index (χ0v) is 26.4. The van der Waals surface area contributed by atoms with E-state index in [9.17, 15) is 5.26 Å². The Kier molecular flexibility index (Phi) is 7.16. The van der Waals surface area contributed by atoms with Crippen LogP contribution in [0.1, 0.15) is 31.9 Å². The molecular weight excluding hydrogens is 714 g/mol. The Bertz CT molecular complexity index is 2200. The van der Waals surface area contributed by atoms with E-state index in [0.29, 0.717) is 17.1 Å². The molecule has 0 unspecified atom stereocenters. The third kappa shape index (κ3) is 5.01. The van der Waals surface area contributed by atoms with Crippen molar-refractivity contribution < 1.29 is 30.4 Å². The molecule has 0 fully saturated rings. The second-order valence-corrected chi connectivity index (χ2v) is 11.4. The van der Waals surface area contributed by atoms with E-state index in [1.165, 1.54) is 5.56 Å². The molecule has 0 aliphatic heterocycles. The molecule has 0 radical (unpaired) electrons. The van der Waals surface area contributed by atoms with Gasteiger partial charge in [0.25, 0.3) is 0 Å². The first-order valence-corrected chi connectivity index (χ1v) is 13.8. The normalized spacial score (nSPS) is 11.5. The average molecular weight is 741 g/mol. The van der Waals surface area contributed by atoms with Gasteiger partial charge in [0.2, 0.25) is 6.33 Å². The van der Waals surface area contributed by atoms with Crippen molar-refractivity contribution in [3.8, 4) is 29.1 Å². The molecule has 0 aliphatic carbocycles. The third-order valence-electron chi connectivity index (χ3n) is 7.57. The maximum Gasteiger partial charge on any atom is 0.242 e. The molecule has 0 aliphatic rings. The van der Waals surface area contributed by atoms with Crippen LogP contribution in [0, 0.1) is 29.8 Å². The maximum atomic E-state index is 9.59. The van der Waals surface area contributed by atoms with Crippen molar-refractivity contribution in [3.63, 3.8) is 0 Å². The fraction of sp³-hybridized carbons (Fsp3) is 0.139. The van der Waals surface area contributed by atoms with Gasteiger partial charge in [0.15, 0.2) is 0 Å². The van der Waals surface area contributed by atoms with Crippen LogP contribution in [0.4, 0.5) is 0 Å². The van der Waals surface area contributed by atoms with Gasteiger partial charge in [-0.1, -0.05) is 56.2 Å². The van der Waals surface area contributed by atoms with Gasteiger partial charge in [-0.3, -0.25) is 0 Å². The number of aryl methyl sites for hydroxylation is 1. The van der Waals surface area contributed by atoms with Crippen LogP contribution >= 0.6 is 0 Å². The predicted octanol–water partition coefficient (Wildman–Crippen LogP) is 7.31. The molecule has 214 valence electrons. The zero-order chi connectivity index (χ0) is 29.0. The van der Waals surface area contributed by atoms with Gasteiger partial charge in [-0.05, 0) is 46.7 Å². The van der Waals surface area contributed by atoms with Gasteiger partial charge in [0, 0.05) is 44.3 Å². The minimum absolute atomic E-state index is 0. The summed E-state index contributed by atoms with van der Waals surface area (Å²) in [4.78, 5) is 4.75. The Labute approximate surface area is 264 Å². The van der Waals surface area contributed by atoms with Crippen LogP contribution in [-0.4, -0.2) is 14.1 Å². The largest absolute Gasteiger partial charge is 0.510 e. The molecule has 6 nitrogen and oxygen atoms in total. The average Bonchev–Trinajstić information content (AvgIpc) is 3.51. The van der Waals surface area contributed by atoms with E-state index < -0.39 is 0 Å². The number of benzene rings is 4. The number of para-hydroxylation sites is 2. The molecule has 4 aromatic carbocycles. The second kappa shape index (κ2) is 10.8. The Morgan fingerprint density at radius 3 is 2.49 bits per heavy atom. The first-order valence-electron chi connectivity index (χ1n) is 13.8. The SMILES string of the molecule is Cn1[c-][n+](-c2[c-]c(Oc3[c-]c4c(cc3)c3cc(C#N)ccc3n4-c3cc(C(C)(C)C)ccn3)ccc2)c2ccccc21.[Pt]. The molecular formula is C36H27N5OPt-2. The van der Waals surface area contributed by atoms with Crippen LogP contribution in [0.15, 0.2) is 91.1 Å². The molecule has 0 spiro atoms.